The molecule has 45 heavy (non-hydrogen) atoms. The van der Waals surface area contributed by atoms with Crippen LogP contribution in [0.5, 0.6) is 0 Å². The molecule has 0 radical (unpaired) electrons. The number of benzene rings is 2. The first kappa shape index (κ1) is 33.4. The molecule has 244 valence electrons. The van der Waals surface area contributed by atoms with Crippen molar-refractivity contribution in [2.24, 2.45) is 11.8 Å². The summed E-state index contributed by atoms with van der Waals surface area (Å²) in [6, 6.07) is 22.0. The topological polar surface area (TPSA) is 75.7 Å². The number of amides is 1. The largest absolute Gasteiger partial charge is 0.444 e. The van der Waals surface area contributed by atoms with Gasteiger partial charge in [-0.15, -0.1) is 0 Å². The normalized spacial score (nSPS) is 29.4. The Morgan fingerprint density at radius 1 is 0.756 bits per heavy atom. The highest BCUT2D eigenvalue weighted by molar-refractivity contribution is 5.80. The lowest BCUT2D eigenvalue weighted by Crippen LogP contribution is -2.51. The number of ether oxygens (including phenoxy) is 1. The van der Waals surface area contributed by atoms with Crippen LogP contribution in [-0.4, -0.2) is 53.3 Å². The molecule has 0 aromatic heterocycles. The van der Waals surface area contributed by atoms with Gasteiger partial charge in [-0.25, -0.2) is 4.79 Å². The van der Waals surface area contributed by atoms with Gasteiger partial charge in [-0.3, -0.25) is 9.59 Å². The molecule has 2 aromatic carbocycles. The SMILES string of the molecule is CC(C)(C)OC(=O)N1CCC(c2ccccc2)CC1C1CCCC(=O)C1.O=C1CCCC(C2CC(c3ccccc3)CCN2)C1. The maximum absolute atomic E-state index is 12.8. The zero-order valence-electron chi connectivity index (χ0n) is 27.7. The summed E-state index contributed by atoms with van der Waals surface area (Å²) in [4.78, 5) is 38.4. The number of Topliss-reactive ketones (excluding diaryl/α,β-unsaturated/α-hetero) is 2. The van der Waals surface area contributed by atoms with E-state index < -0.39 is 5.60 Å². The lowest BCUT2D eigenvalue weighted by atomic mass is 9.75. The molecule has 6 unspecified atom stereocenters. The van der Waals surface area contributed by atoms with Crippen molar-refractivity contribution in [2.75, 3.05) is 13.1 Å². The number of nitrogens with one attached hydrogen (secondary N) is 1. The molecular formula is C39H54N2O4. The van der Waals surface area contributed by atoms with Crippen molar-refractivity contribution < 1.29 is 19.1 Å². The quantitative estimate of drug-likeness (QED) is 0.376. The van der Waals surface area contributed by atoms with Gasteiger partial charge in [-0.1, -0.05) is 60.7 Å². The van der Waals surface area contributed by atoms with Crippen molar-refractivity contribution in [1.29, 1.82) is 0 Å². The average molecular weight is 615 g/mol. The van der Waals surface area contributed by atoms with Crippen LogP contribution in [-0.2, 0) is 14.3 Å². The molecule has 2 heterocycles. The standard InChI is InChI=1S/C22H31NO3.C17H23NO/c1-22(2,3)26-21(25)23-13-12-17(16-8-5-4-6-9-16)15-20(23)18-10-7-11-19(24)14-18;19-16-8-4-7-15(11-16)17-12-14(9-10-18-17)13-5-2-1-3-6-13/h4-6,8-9,17-18,20H,7,10-15H2,1-3H3;1-3,5-6,14-15,17-18H,4,7-12H2. The summed E-state index contributed by atoms with van der Waals surface area (Å²) in [6.07, 6.45) is 11.3. The molecule has 0 bridgehead atoms. The highest BCUT2D eigenvalue weighted by Gasteiger charge is 2.40. The summed E-state index contributed by atoms with van der Waals surface area (Å²) in [6.45, 7) is 7.50. The van der Waals surface area contributed by atoms with Crippen molar-refractivity contribution in [3.05, 3.63) is 71.8 Å². The number of hydrogen-bond acceptors (Lipinski definition) is 5. The lowest BCUT2D eigenvalue weighted by Gasteiger charge is -2.44. The maximum Gasteiger partial charge on any atom is 0.410 e. The summed E-state index contributed by atoms with van der Waals surface area (Å²) >= 11 is 0. The molecule has 2 aromatic rings. The molecular weight excluding hydrogens is 560 g/mol. The second-order valence-electron chi connectivity index (χ2n) is 14.9. The Bertz CT molecular complexity index is 1260. The Hall–Kier alpha value is -2.99. The van der Waals surface area contributed by atoms with Crippen LogP contribution < -0.4 is 5.32 Å². The minimum atomic E-state index is -0.500. The number of ketones is 2. The Morgan fingerprint density at radius 3 is 1.89 bits per heavy atom. The van der Waals surface area contributed by atoms with Crippen LogP contribution >= 0.6 is 0 Å². The number of carbonyl (C=O) groups excluding carboxylic acids is 3. The molecule has 1 amide bonds. The van der Waals surface area contributed by atoms with Gasteiger partial charge in [-0.2, -0.15) is 0 Å². The fourth-order valence-corrected chi connectivity index (χ4v) is 8.15. The van der Waals surface area contributed by atoms with E-state index >= 15 is 0 Å². The van der Waals surface area contributed by atoms with Gasteiger partial charge in [0.15, 0.2) is 0 Å². The number of nitrogens with zero attached hydrogens (tertiary/aromatic N) is 1. The van der Waals surface area contributed by atoms with Crippen molar-refractivity contribution in [3.63, 3.8) is 0 Å². The third-order valence-electron chi connectivity index (χ3n) is 10.4. The van der Waals surface area contributed by atoms with Crippen molar-refractivity contribution in [1.82, 2.24) is 10.2 Å². The first-order valence-electron chi connectivity index (χ1n) is 17.5. The molecule has 4 fully saturated rings. The number of hydrogen-bond donors (Lipinski definition) is 1. The van der Waals surface area contributed by atoms with Gasteiger partial charge in [0.1, 0.15) is 17.2 Å². The first-order chi connectivity index (χ1) is 21.7. The van der Waals surface area contributed by atoms with E-state index in [1.54, 1.807) is 0 Å². The molecule has 0 spiro atoms. The molecule has 4 aliphatic rings. The van der Waals surface area contributed by atoms with E-state index in [1.807, 2.05) is 31.7 Å². The maximum atomic E-state index is 12.8. The van der Waals surface area contributed by atoms with Crippen LogP contribution in [0.3, 0.4) is 0 Å². The van der Waals surface area contributed by atoms with Crippen molar-refractivity contribution >= 4 is 17.7 Å². The summed E-state index contributed by atoms with van der Waals surface area (Å²) in [5.41, 5.74) is 2.31. The van der Waals surface area contributed by atoms with Crippen LogP contribution in [0.1, 0.15) is 121 Å². The second-order valence-corrected chi connectivity index (χ2v) is 14.9. The smallest absolute Gasteiger partial charge is 0.410 e. The van der Waals surface area contributed by atoms with Gasteiger partial charge >= 0.3 is 6.09 Å². The Labute approximate surface area is 270 Å². The third kappa shape index (κ3) is 9.51. The van der Waals surface area contributed by atoms with Gasteiger partial charge in [0.2, 0.25) is 0 Å². The summed E-state index contributed by atoms with van der Waals surface area (Å²) < 4.78 is 5.67. The van der Waals surface area contributed by atoms with E-state index in [-0.39, 0.29) is 18.1 Å². The van der Waals surface area contributed by atoms with Crippen molar-refractivity contribution in [2.45, 2.75) is 127 Å². The summed E-state index contributed by atoms with van der Waals surface area (Å²) in [5, 5.41) is 3.66. The van der Waals surface area contributed by atoms with Gasteiger partial charge < -0.3 is 15.0 Å². The molecule has 2 aliphatic carbocycles. The molecule has 1 N–H and O–H groups in total. The van der Waals surface area contributed by atoms with Crippen LogP contribution in [0.25, 0.3) is 0 Å². The zero-order valence-corrected chi connectivity index (χ0v) is 27.7. The number of carbonyl (C=O) groups is 3. The highest BCUT2D eigenvalue weighted by Crippen LogP contribution is 2.39. The van der Waals surface area contributed by atoms with Crippen LogP contribution in [0, 0.1) is 11.8 Å². The first-order valence-corrected chi connectivity index (χ1v) is 17.5. The molecule has 6 nitrogen and oxygen atoms in total. The average Bonchev–Trinajstić information content (AvgIpc) is 3.05. The number of rotatable bonds is 4. The number of likely N-dealkylation sites (tertiary alicyclic amines) is 1. The van der Waals surface area contributed by atoms with Crippen LogP contribution in [0.15, 0.2) is 60.7 Å². The summed E-state index contributed by atoms with van der Waals surface area (Å²) in [7, 11) is 0. The minimum Gasteiger partial charge on any atom is -0.444 e. The molecule has 2 saturated carbocycles. The molecule has 6 rings (SSSR count). The predicted molar refractivity (Wildman–Crippen MR) is 179 cm³/mol. The third-order valence-corrected chi connectivity index (χ3v) is 10.4. The molecule has 2 saturated heterocycles. The van der Waals surface area contributed by atoms with Gasteiger partial charge in [0.25, 0.3) is 0 Å². The van der Waals surface area contributed by atoms with Gasteiger partial charge in [0.05, 0.1) is 0 Å². The molecule has 2 aliphatic heterocycles. The van der Waals surface area contributed by atoms with E-state index in [0.29, 0.717) is 54.7 Å². The van der Waals surface area contributed by atoms with E-state index in [2.05, 4.69) is 59.9 Å². The Balaban J connectivity index is 0.000000186. The van der Waals surface area contributed by atoms with Gasteiger partial charge in [-0.05, 0) is 113 Å². The zero-order chi connectivity index (χ0) is 31.8. The van der Waals surface area contributed by atoms with Crippen molar-refractivity contribution in [3.8, 4) is 0 Å². The molecule has 6 heteroatoms. The van der Waals surface area contributed by atoms with E-state index in [9.17, 15) is 14.4 Å². The fraction of sp³-hybridized carbons (Fsp3) is 0.615. The Kier molecular flexibility index (Phi) is 11.5. The monoisotopic (exact) mass is 614 g/mol. The van der Waals surface area contributed by atoms with E-state index in [1.165, 1.54) is 30.4 Å². The fourth-order valence-electron chi connectivity index (χ4n) is 8.15. The highest BCUT2D eigenvalue weighted by atomic mass is 16.6. The number of piperidine rings is 2. The Morgan fingerprint density at radius 2 is 1.31 bits per heavy atom. The molecule has 6 atom stereocenters. The minimum absolute atomic E-state index is 0.0908. The van der Waals surface area contributed by atoms with Crippen LogP contribution in [0.4, 0.5) is 4.79 Å². The van der Waals surface area contributed by atoms with E-state index in [4.69, 9.17) is 4.74 Å². The van der Waals surface area contributed by atoms with E-state index in [0.717, 1.165) is 51.5 Å². The van der Waals surface area contributed by atoms with Gasteiger partial charge in [0, 0.05) is 44.3 Å². The summed E-state index contributed by atoms with van der Waals surface area (Å²) in [5.74, 6) is 2.76. The van der Waals surface area contributed by atoms with Crippen LogP contribution in [0.2, 0.25) is 0 Å². The lowest BCUT2D eigenvalue weighted by molar-refractivity contribution is -0.123. The predicted octanol–water partition coefficient (Wildman–Crippen LogP) is 8.21. The second kappa shape index (κ2) is 15.5.